The molecule has 8 nitrogen and oxygen atoms in total. The SMILES string of the molecule is CC(C)CCNC(=O)[C@@H](CC1CCCCC1)NC(=O)NC(CCCN)C(=O)O. The standard InChI is InChI=1S/C20H38N4O4/c1-14(2)10-12-22-18(25)17(13-15-7-4-3-5-8-15)24-20(28)23-16(19(26)27)9-6-11-21/h14-17H,3-13,21H2,1-2H3,(H,22,25)(H,26,27)(H2,23,24,28)/t16?,17-/m1/s1. The average molecular weight is 399 g/mol. The fraction of sp³-hybridized carbons (Fsp3) is 0.850. The number of carboxylic acids is 1. The van der Waals surface area contributed by atoms with E-state index in [0.717, 1.165) is 32.1 Å². The fourth-order valence-electron chi connectivity index (χ4n) is 3.53. The number of aliphatic carboxylic acids is 1. The third-order valence-corrected chi connectivity index (χ3v) is 5.24. The van der Waals surface area contributed by atoms with Crippen molar-refractivity contribution in [1.29, 1.82) is 0 Å². The maximum atomic E-state index is 12.6. The minimum absolute atomic E-state index is 0.199. The molecule has 0 aromatic rings. The number of amides is 3. The van der Waals surface area contributed by atoms with Crippen LogP contribution in [0.4, 0.5) is 4.79 Å². The number of hydrogen-bond donors (Lipinski definition) is 5. The lowest BCUT2D eigenvalue weighted by molar-refractivity contribution is -0.139. The molecule has 0 saturated heterocycles. The molecule has 1 aliphatic carbocycles. The van der Waals surface area contributed by atoms with Crippen LogP contribution in [0.15, 0.2) is 0 Å². The van der Waals surface area contributed by atoms with Gasteiger partial charge in [-0.25, -0.2) is 9.59 Å². The number of hydrogen-bond acceptors (Lipinski definition) is 4. The summed E-state index contributed by atoms with van der Waals surface area (Å²) in [5, 5.41) is 17.3. The van der Waals surface area contributed by atoms with Gasteiger partial charge in [-0.1, -0.05) is 46.0 Å². The highest BCUT2D eigenvalue weighted by Crippen LogP contribution is 2.27. The first kappa shape index (κ1) is 24.2. The van der Waals surface area contributed by atoms with Crippen LogP contribution in [0.1, 0.15) is 71.6 Å². The molecule has 2 atom stereocenters. The van der Waals surface area contributed by atoms with Crippen molar-refractivity contribution in [2.45, 2.75) is 83.7 Å². The molecule has 1 fully saturated rings. The van der Waals surface area contributed by atoms with Crippen molar-refractivity contribution < 1.29 is 19.5 Å². The maximum absolute atomic E-state index is 12.6. The Morgan fingerprint density at radius 1 is 1.04 bits per heavy atom. The topological polar surface area (TPSA) is 134 Å². The van der Waals surface area contributed by atoms with Gasteiger partial charge in [0.1, 0.15) is 12.1 Å². The number of nitrogens with two attached hydrogens (primary N) is 1. The maximum Gasteiger partial charge on any atom is 0.326 e. The number of nitrogens with one attached hydrogen (secondary N) is 3. The van der Waals surface area contributed by atoms with Crippen LogP contribution >= 0.6 is 0 Å². The highest BCUT2D eigenvalue weighted by atomic mass is 16.4. The lowest BCUT2D eigenvalue weighted by atomic mass is 9.84. The van der Waals surface area contributed by atoms with Gasteiger partial charge in [0.05, 0.1) is 0 Å². The first-order valence-electron chi connectivity index (χ1n) is 10.6. The van der Waals surface area contributed by atoms with Gasteiger partial charge in [0.25, 0.3) is 0 Å². The molecular weight excluding hydrogens is 360 g/mol. The summed E-state index contributed by atoms with van der Waals surface area (Å²) < 4.78 is 0. The van der Waals surface area contributed by atoms with Crippen molar-refractivity contribution in [2.75, 3.05) is 13.1 Å². The summed E-state index contributed by atoms with van der Waals surface area (Å²) in [6.07, 6.45) is 7.86. The normalized spacial score (nSPS) is 17.0. The number of rotatable bonds is 12. The molecule has 162 valence electrons. The van der Waals surface area contributed by atoms with Crippen molar-refractivity contribution >= 4 is 17.9 Å². The first-order chi connectivity index (χ1) is 13.3. The first-order valence-corrected chi connectivity index (χ1v) is 10.6. The summed E-state index contributed by atoms with van der Waals surface area (Å²) in [6.45, 7) is 5.10. The number of carbonyl (C=O) groups is 3. The fourth-order valence-corrected chi connectivity index (χ4v) is 3.53. The predicted molar refractivity (Wildman–Crippen MR) is 109 cm³/mol. The third-order valence-electron chi connectivity index (χ3n) is 5.24. The predicted octanol–water partition coefficient (Wildman–Crippen LogP) is 1.98. The van der Waals surface area contributed by atoms with Gasteiger partial charge >= 0.3 is 12.0 Å². The largest absolute Gasteiger partial charge is 0.480 e. The van der Waals surface area contributed by atoms with Gasteiger partial charge in [-0.3, -0.25) is 4.79 Å². The second kappa shape index (κ2) is 13.4. The molecule has 0 heterocycles. The molecule has 0 spiro atoms. The van der Waals surface area contributed by atoms with Crippen LogP contribution in [0.25, 0.3) is 0 Å². The van der Waals surface area contributed by atoms with E-state index in [-0.39, 0.29) is 12.3 Å². The van der Waals surface area contributed by atoms with Crippen molar-refractivity contribution in [2.24, 2.45) is 17.6 Å². The van der Waals surface area contributed by atoms with E-state index in [4.69, 9.17) is 5.73 Å². The van der Waals surface area contributed by atoms with E-state index in [0.29, 0.717) is 37.8 Å². The molecule has 0 aromatic heterocycles. The van der Waals surface area contributed by atoms with E-state index in [1.807, 2.05) is 0 Å². The van der Waals surface area contributed by atoms with Crippen LogP contribution in [0.3, 0.4) is 0 Å². The van der Waals surface area contributed by atoms with Crippen LogP contribution in [-0.2, 0) is 9.59 Å². The third kappa shape index (κ3) is 9.92. The van der Waals surface area contributed by atoms with E-state index in [9.17, 15) is 19.5 Å². The lowest BCUT2D eigenvalue weighted by Crippen LogP contribution is -2.54. The van der Waals surface area contributed by atoms with Crippen molar-refractivity contribution in [1.82, 2.24) is 16.0 Å². The Bertz CT molecular complexity index is 493. The zero-order chi connectivity index (χ0) is 20.9. The Labute approximate surface area is 168 Å². The van der Waals surface area contributed by atoms with Gasteiger partial charge in [0.15, 0.2) is 0 Å². The van der Waals surface area contributed by atoms with E-state index < -0.39 is 24.1 Å². The summed E-state index contributed by atoms with van der Waals surface area (Å²) in [4.78, 5) is 36.3. The quantitative estimate of drug-likeness (QED) is 0.343. The Hall–Kier alpha value is -1.83. The van der Waals surface area contributed by atoms with Crippen LogP contribution < -0.4 is 21.7 Å². The van der Waals surface area contributed by atoms with Gasteiger partial charge in [-0.05, 0) is 44.1 Å². The molecule has 0 bridgehead atoms. The molecular formula is C20H38N4O4. The molecule has 0 radical (unpaired) electrons. The van der Waals surface area contributed by atoms with E-state index in [2.05, 4.69) is 29.8 Å². The molecule has 1 saturated carbocycles. The summed E-state index contributed by atoms with van der Waals surface area (Å²) >= 11 is 0. The summed E-state index contributed by atoms with van der Waals surface area (Å²) in [5.41, 5.74) is 5.43. The number of urea groups is 1. The molecule has 6 N–H and O–H groups in total. The van der Waals surface area contributed by atoms with Crippen LogP contribution in [0, 0.1) is 11.8 Å². The zero-order valence-corrected chi connectivity index (χ0v) is 17.3. The van der Waals surface area contributed by atoms with Crippen molar-refractivity contribution in [3.05, 3.63) is 0 Å². The summed E-state index contributed by atoms with van der Waals surface area (Å²) in [5.74, 6) is -0.418. The Morgan fingerprint density at radius 3 is 2.25 bits per heavy atom. The Balaban J connectivity index is 2.66. The van der Waals surface area contributed by atoms with Gasteiger partial charge in [0, 0.05) is 6.54 Å². The minimum Gasteiger partial charge on any atom is -0.480 e. The zero-order valence-electron chi connectivity index (χ0n) is 17.3. The summed E-state index contributed by atoms with van der Waals surface area (Å²) in [7, 11) is 0. The lowest BCUT2D eigenvalue weighted by Gasteiger charge is -2.27. The van der Waals surface area contributed by atoms with E-state index in [1.165, 1.54) is 6.42 Å². The second-order valence-electron chi connectivity index (χ2n) is 8.21. The molecule has 1 unspecified atom stereocenters. The monoisotopic (exact) mass is 398 g/mol. The van der Waals surface area contributed by atoms with Gasteiger partial charge in [-0.2, -0.15) is 0 Å². The van der Waals surface area contributed by atoms with Crippen molar-refractivity contribution in [3.8, 4) is 0 Å². The molecule has 28 heavy (non-hydrogen) atoms. The number of carbonyl (C=O) groups excluding carboxylic acids is 2. The van der Waals surface area contributed by atoms with Crippen molar-refractivity contribution in [3.63, 3.8) is 0 Å². The van der Waals surface area contributed by atoms with Gasteiger partial charge in [-0.15, -0.1) is 0 Å². The van der Waals surface area contributed by atoms with Crippen LogP contribution in [-0.4, -0.2) is 48.2 Å². The van der Waals surface area contributed by atoms with E-state index >= 15 is 0 Å². The number of carboxylic acid groups (broad SMARTS) is 1. The molecule has 3 amide bonds. The molecule has 1 aliphatic rings. The molecule has 8 heteroatoms. The second-order valence-corrected chi connectivity index (χ2v) is 8.21. The van der Waals surface area contributed by atoms with Crippen LogP contribution in [0.5, 0.6) is 0 Å². The van der Waals surface area contributed by atoms with Crippen LogP contribution in [0.2, 0.25) is 0 Å². The molecule has 0 aliphatic heterocycles. The molecule has 1 rings (SSSR count). The highest BCUT2D eigenvalue weighted by Gasteiger charge is 2.27. The Kier molecular flexibility index (Phi) is 11.6. The van der Waals surface area contributed by atoms with Gasteiger partial charge in [0.2, 0.25) is 5.91 Å². The van der Waals surface area contributed by atoms with E-state index in [1.54, 1.807) is 0 Å². The van der Waals surface area contributed by atoms with Gasteiger partial charge < -0.3 is 26.8 Å². The minimum atomic E-state index is -1.10. The highest BCUT2D eigenvalue weighted by molar-refractivity contribution is 5.88. The smallest absolute Gasteiger partial charge is 0.326 e. The molecule has 0 aromatic carbocycles. The average Bonchev–Trinajstić information content (AvgIpc) is 2.64. The Morgan fingerprint density at radius 2 is 1.68 bits per heavy atom. The summed E-state index contributed by atoms with van der Waals surface area (Å²) in [6, 6.07) is -2.29.